The van der Waals surface area contributed by atoms with E-state index in [2.05, 4.69) is 29.8 Å². The molecule has 0 heterocycles. The van der Waals surface area contributed by atoms with Crippen molar-refractivity contribution in [1.29, 1.82) is 0 Å². The van der Waals surface area contributed by atoms with Crippen LogP contribution < -0.4 is 4.74 Å². The van der Waals surface area contributed by atoms with Gasteiger partial charge < -0.3 is 4.74 Å². The van der Waals surface area contributed by atoms with E-state index < -0.39 is 0 Å². The number of hydrogen-bond donors (Lipinski definition) is 0. The number of carbonyl (C=O) groups excluding carboxylic acids is 1. The summed E-state index contributed by atoms with van der Waals surface area (Å²) in [7, 11) is 0. The smallest absolute Gasteiger partial charge is 0.343 e. The molecule has 98 valence electrons. The van der Waals surface area contributed by atoms with E-state index in [4.69, 9.17) is 4.74 Å². The van der Waals surface area contributed by atoms with E-state index in [1.54, 1.807) is 24.3 Å². The third-order valence-electron chi connectivity index (χ3n) is 2.84. The van der Waals surface area contributed by atoms with Gasteiger partial charge in [0.05, 0.1) is 5.56 Å². The van der Waals surface area contributed by atoms with Crippen molar-refractivity contribution in [3.63, 3.8) is 0 Å². The Kier molecular flexibility index (Phi) is 4.38. The fraction of sp³-hybridized carbons (Fsp3) is 0.188. The van der Waals surface area contributed by atoms with Crippen molar-refractivity contribution in [2.45, 2.75) is 19.8 Å². The Balaban J connectivity index is 2.09. The van der Waals surface area contributed by atoms with Crippen molar-refractivity contribution in [3.8, 4) is 5.75 Å². The van der Waals surface area contributed by atoms with Gasteiger partial charge in [0, 0.05) is 4.47 Å². The topological polar surface area (TPSA) is 26.3 Å². The molecule has 3 heteroatoms. The van der Waals surface area contributed by atoms with Crippen LogP contribution in [0, 0.1) is 0 Å². The van der Waals surface area contributed by atoms with Crippen LogP contribution in [0.1, 0.15) is 35.7 Å². The molecule has 0 aliphatic carbocycles. The molecular weight excluding hydrogens is 304 g/mol. The van der Waals surface area contributed by atoms with Gasteiger partial charge in [0.1, 0.15) is 5.75 Å². The Labute approximate surface area is 121 Å². The first-order valence-electron chi connectivity index (χ1n) is 6.14. The standard InChI is InChI=1S/C16H15BrO2/c1-11(2)12-3-5-13(6-4-12)16(18)19-15-9-7-14(17)8-10-15/h3-11H,1-2H3. The molecule has 0 bridgehead atoms. The predicted molar refractivity (Wildman–Crippen MR) is 79.6 cm³/mol. The number of rotatable bonds is 3. The zero-order valence-electron chi connectivity index (χ0n) is 10.9. The summed E-state index contributed by atoms with van der Waals surface area (Å²) in [4.78, 5) is 11.9. The van der Waals surface area contributed by atoms with Crippen LogP contribution in [0.2, 0.25) is 0 Å². The number of benzene rings is 2. The van der Waals surface area contributed by atoms with E-state index in [1.807, 2.05) is 24.3 Å². The Morgan fingerprint density at radius 1 is 1.00 bits per heavy atom. The van der Waals surface area contributed by atoms with Crippen molar-refractivity contribution >= 4 is 21.9 Å². The average Bonchev–Trinajstić information content (AvgIpc) is 2.41. The lowest BCUT2D eigenvalue weighted by molar-refractivity contribution is 0.0734. The van der Waals surface area contributed by atoms with E-state index >= 15 is 0 Å². The molecule has 0 atom stereocenters. The number of halogens is 1. The van der Waals surface area contributed by atoms with Crippen molar-refractivity contribution in [3.05, 3.63) is 64.1 Å². The van der Waals surface area contributed by atoms with Gasteiger partial charge >= 0.3 is 5.97 Å². The van der Waals surface area contributed by atoms with Gasteiger partial charge in [-0.1, -0.05) is 41.9 Å². The van der Waals surface area contributed by atoms with Gasteiger partial charge in [-0.15, -0.1) is 0 Å². The van der Waals surface area contributed by atoms with E-state index in [1.165, 1.54) is 5.56 Å². The summed E-state index contributed by atoms with van der Waals surface area (Å²) < 4.78 is 6.25. The maximum Gasteiger partial charge on any atom is 0.343 e. The Bertz CT molecular complexity index is 556. The molecule has 0 fully saturated rings. The zero-order chi connectivity index (χ0) is 13.8. The van der Waals surface area contributed by atoms with Crippen LogP contribution in [-0.4, -0.2) is 5.97 Å². The minimum atomic E-state index is -0.336. The van der Waals surface area contributed by atoms with Gasteiger partial charge in [0.25, 0.3) is 0 Å². The van der Waals surface area contributed by atoms with Crippen LogP contribution >= 0.6 is 15.9 Å². The first-order chi connectivity index (χ1) is 9.06. The monoisotopic (exact) mass is 318 g/mol. The lowest BCUT2D eigenvalue weighted by atomic mass is 10.0. The maximum absolute atomic E-state index is 11.9. The number of ether oxygens (including phenoxy) is 1. The first-order valence-corrected chi connectivity index (χ1v) is 6.93. The van der Waals surface area contributed by atoms with Gasteiger partial charge in [-0.2, -0.15) is 0 Å². The van der Waals surface area contributed by atoms with Gasteiger partial charge in [-0.3, -0.25) is 0 Å². The van der Waals surface area contributed by atoms with Crippen LogP contribution in [0.25, 0.3) is 0 Å². The molecule has 19 heavy (non-hydrogen) atoms. The van der Waals surface area contributed by atoms with Crippen molar-refractivity contribution in [2.24, 2.45) is 0 Å². The van der Waals surface area contributed by atoms with Crippen molar-refractivity contribution in [2.75, 3.05) is 0 Å². The number of esters is 1. The van der Waals surface area contributed by atoms with Gasteiger partial charge in [0.15, 0.2) is 0 Å². The van der Waals surface area contributed by atoms with E-state index in [-0.39, 0.29) is 5.97 Å². The highest BCUT2D eigenvalue weighted by molar-refractivity contribution is 9.10. The zero-order valence-corrected chi connectivity index (χ0v) is 12.5. The van der Waals surface area contributed by atoms with Crippen molar-refractivity contribution < 1.29 is 9.53 Å². The molecule has 0 saturated heterocycles. The van der Waals surface area contributed by atoms with Gasteiger partial charge in [0.2, 0.25) is 0 Å². The minimum absolute atomic E-state index is 0.336. The van der Waals surface area contributed by atoms with Crippen LogP contribution in [0.15, 0.2) is 53.0 Å². The minimum Gasteiger partial charge on any atom is -0.423 e. The quantitative estimate of drug-likeness (QED) is 0.600. The molecule has 2 nitrogen and oxygen atoms in total. The molecule has 0 aliphatic rings. The van der Waals surface area contributed by atoms with Crippen LogP contribution in [0.4, 0.5) is 0 Å². The van der Waals surface area contributed by atoms with Gasteiger partial charge in [-0.25, -0.2) is 4.79 Å². The van der Waals surface area contributed by atoms with Crippen LogP contribution in [-0.2, 0) is 0 Å². The third kappa shape index (κ3) is 3.67. The second-order valence-electron chi connectivity index (χ2n) is 4.62. The molecule has 0 amide bonds. The molecule has 0 unspecified atom stereocenters. The molecule has 2 rings (SSSR count). The summed E-state index contributed by atoms with van der Waals surface area (Å²) in [5, 5.41) is 0. The maximum atomic E-state index is 11.9. The highest BCUT2D eigenvalue weighted by Crippen LogP contribution is 2.19. The SMILES string of the molecule is CC(C)c1ccc(C(=O)Oc2ccc(Br)cc2)cc1. The number of carbonyl (C=O) groups is 1. The lowest BCUT2D eigenvalue weighted by Gasteiger charge is -2.07. The molecule has 0 radical (unpaired) electrons. The molecular formula is C16H15BrO2. The van der Waals surface area contributed by atoms with Crippen LogP contribution in [0.5, 0.6) is 5.75 Å². The molecule has 2 aromatic rings. The largest absolute Gasteiger partial charge is 0.423 e. The van der Waals surface area contributed by atoms with Crippen LogP contribution in [0.3, 0.4) is 0 Å². The highest BCUT2D eigenvalue weighted by Gasteiger charge is 2.09. The summed E-state index contributed by atoms with van der Waals surface area (Å²) in [6.45, 7) is 4.24. The second-order valence-corrected chi connectivity index (χ2v) is 5.54. The molecule has 0 spiro atoms. The summed E-state index contributed by atoms with van der Waals surface area (Å²) in [6, 6.07) is 14.7. The fourth-order valence-corrected chi connectivity index (χ4v) is 1.94. The van der Waals surface area contributed by atoms with Crippen molar-refractivity contribution in [1.82, 2.24) is 0 Å². The Morgan fingerprint density at radius 2 is 1.58 bits per heavy atom. The normalized spacial score (nSPS) is 10.5. The summed E-state index contributed by atoms with van der Waals surface area (Å²) in [5.41, 5.74) is 1.77. The predicted octanol–water partition coefficient (Wildman–Crippen LogP) is 4.79. The molecule has 0 N–H and O–H groups in total. The van der Waals surface area contributed by atoms with E-state index in [9.17, 15) is 4.79 Å². The lowest BCUT2D eigenvalue weighted by Crippen LogP contribution is -2.08. The Morgan fingerprint density at radius 3 is 2.11 bits per heavy atom. The second kappa shape index (κ2) is 6.02. The summed E-state index contributed by atoms with van der Waals surface area (Å²) in [5.74, 6) is 0.662. The van der Waals surface area contributed by atoms with E-state index in [0.717, 1.165) is 4.47 Å². The molecule has 0 aliphatic heterocycles. The van der Waals surface area contributed by atoms with E-state index in [0.29, 0.717) is 17.2 Å². The molecule has 2 aromatic carbocycles. The Hall–Kier alpha value is -1.61. The number of hydrogen-bond acceptors (Lipinski definition) is 2. The molecule has 0 aromatic heterocycles. The molecule has 0 saturated carbocycles. The highest BCUT2D eigenvalue weighted by atomic mass is 79.9. The first kappa shape index (κ1) is 13.8. The summed E-state index contributed by atoms with van der Waals surface area (Å²) in [6.07, 6.45) is 0. The van der Waals surface area contributed by atoms with Gasteiger partial charge in [-0.05, 0) is 47.9 Å². The third-order valence-corrected chi connectivity index (χ3v) is 3.37. The fourth-order valence-electron chi connectivity index (χ4n) is 1.67. The summed E-state index contributed by atoms with van der Waals surface area (Å²) >= 11 is 3.34. The average molecular weight is 319 g/mol.